The minimum Gasteiger partial charge on any atom is -0.446 e. The summed E-state index contributed by atoms with van der Waals surface area (Å²) < 4.78 is 4.81. The Kier molecular flexibility index (Phi) is 5.46. The average Bonchev–Trinajstić information content (AvgIpc) is 1.97. The first-order chi connectivity index (χ1) is 5.99. The number of hydrogen-bond donors (Lipinski definition) is 2. The molecule has 0 fully saturated rings. The summed E-state index contributed by atoms with van der Waals surface area (Å²) in [6.07, 6.45) is 0.190. The van der Waals surface area contributed by atoms with Gasteiger partial charge in [-0.2, -0.15) is 0 Å². The number of nitrogens with two attached hydrogens (primary N) is 1. The lowest BCUT2D eigenvalue weighted by Gasteiger charge is -2.25. The van der Waals surface area contributed by atoms with Crippen molar-refractivity contribution in [2.75, 3.05) is 0 Å². The van der Waals surface area contributed by atoms with Gasteiger partial charge in [-0.3, -0.25) is 0 Å². The van der Waals surface area contributed by atoms with Gasteiger partial charge in [-0.1, -0.05) is 13.3 Å². The molecule has 0 rings (SSSR count). The zero-order chi connectivity index (χ0) is 10.4. The van der Waals surface area contributed by atoms with Crippen LogP contribution < -0.4 is 5.73 Å². The summed E-state index contributed by atoms with van der Waals surface area (Å²) in [7, 11) is 0. The Morgan fingerprint density at radius 1 is 1.54 bits per heavy atom. The second-order valence-electron chi connectivity index (χ2n) is 3.34. The van der Waals surface area contributed by atoms with Gasteiger partial charge in [-0.15, -0.1) is 0 Å². The molecule has 3 N–H and O–H groups in total. The van der Waals surface area contributed by atoms with Crippen LogP contribution in [0.2, 0.25) is 0 Å². The molecule has 0 aromatic carbocycles. The highest BCUT2D eigenvalue weighted by Crippen LogP contribution is 2.18. The van der Waals surface area contributed by atoms with Gasteiger partial charge in [0.1, 0.15) is 6.10 Å². The highest BCUT2D eigenvalue weighted by atomic mass is 16.6. The number of carbonyl (C=O) groups is 1. The summed E-state index contributed by atoms with van der Waals surface area (Å²) in [5, 5.41) is 9.39. The SMILES string of the molecule is CCCC(C(C)O)C(C)OC(N)=O. The van der Waals surface area contributed by atoms with E-state index in [0.29, 0.717) is 0 Å². The molecule has 0 heterocycles. The summed E-state index contributed by atoms with van der Waals surface area (Å²) in [5.74, 6) is -0.0301. The van der Waals surface area contributed by atoms with Gasteiger partial charge < -0.3 is 15.6 Å². The summed E-state index contributed by atoms with van der Waals surface area (Å²) in [6, 6.07) is 0. The zero-order valence-corrected chi connectivity index (χ0v) is 8.49. The zero-order valence-electron chi connectivity index (χ0n) is 8.49. The fourth-order valence-corrected chi connectivity index (χ4v) is 1.47. The van der Waals surface area contributed by atoms with Crippen molar-refractivity contribution in [2.24, 2.45) is 11.7 Å². The topological polar surface area (TPSA) is 72.6 Å². The highest BCUT2D eigenvalue weighted by molar-refractivity contribution is 5.64. The molecule has 0 aliphatic rings. The molecule has 3 atom stereocenters. The molecule has 3 unspecified atom stereocenters. The highest BCUT2D eigenvalue weighted by Gasteiger charge is 2.23. The summed E-state index contributed by atoms with van der Waals surface area (Å²) in [6.45, 7) is 5.46. The van der Waals surface area contributed by atoms with E-state index in [1.165, 1.54) is 0 Å². The minimum absolute atomic E-state index is 0.0301. The van der Waals surface area contributed by atoms with Crippen molar-refractivity contribution in [1.82, 2.24) is 0 Å². The largest absolute Gasteiger partial charge is 0.446 e. The minimum atomic E-state index is -0.783. The van der Waals surface area contributed by atoms with Crippen LogP contribution in [0.5, 0.6) is 0 Å². The van der Waals surface area contributed by atoms with E-state index in [2.05, 4.69) is 0 Å². The van der Waals surface area contributed by atoms with Crippen LogP contribution >= 0.6 is 0 Å². The molecule has 0 spiro atoms. The smallest absolute Gasteiger partial charge is 0.404 e. The van der Waals surface area contributed by atoms with Crippen LogP contribution in [0.25, 0.3) is 0 Å². The number of rotatable bonds is 5. The van der Waals surface area contributed by atoms with Crippen molar-refractivity contribution < 1.29 is 14.6 Å². The Balaban J connectivity index is 4.10. The fourth-order valence-electron chi connectivity index (χ4n) is 1.47. The van der Waals surface area contributed by atoms with E-state index >= 15 is 0 Å². The van der Waals surface area contributed by atoms with Gasteiger partial charge in [0.25, 0.3) is 0 Å². The lowest BCUT2D eigenvalue weighted by Crippen LogP contribution is -2.33. The first kappa shape index (κ1) is 12.2. The Bertz CT molecular complexity index is 159. The molecule has 13 heavy (non-hydrogen) atoms. The lowest BCUT2D eigenvalue weighted by atomic mass is 9.93. The van der Waals surface area contributed by atoms with Crippen LogP contribution in [0.3, 0.4) is 0 Å². The van der Waals surface area contributed by atoms with E-state index in [0.717, 1.165) is 12.8 Å². The second kappa shape index (κ2) is 5.80. The molecular formula is C9H19NO3. The molecule has 0 radical (unpaired) electrons. The number of aliphatic hydroxyl groups excluding tert-OH is 1. The quantitative estimate of drug-likeness (QED) is 0.684. The first-order valence-electron chi connectivity index (χ1n) is 4.63. The predicted molar refractivity (Wildman–Crippen MR) is 50.2 cm³/mol. The van der Waals surface area contributed by atoms with E-state index < -0.39 is 12.2 Å². The third-order valence-electron chi connectivity index (χ3n) is 2.15. The molecule has 0 aromatic heterocycles. The van der Waals surface area contributed by atoms with Gasteiger partial charge in [0.2, 0.25) is 0 Å². The van der Waals surface area contributed by atoms with E-state index in [1.807, 2.05) is 6.92 Å². The molecule has 1 amide bonds. The van der Waals surface area contributed by atoms with Crippen molar-refractivity contribution in [2.45, 2.75) is 45.8 Å². The fraction of sp³-hybridized carbons (Fsp3) is 0.889. The van der Waals surface area contributed by atoms with Crippen LogP contribution in [-0.2, 0) is 4.74 Å². The van der Waals surface area contributed by atoms with E-state index in [1.54, 1.807) is 13.8 Å². The van der Waals surface area contributed by atoms with E-state index in [4.69, 9.17) is 10.5 Å². The maximum atomic E-state index is 10.5. The van der Waals surface area contributed by atoms with E-state index in [9.17, 15) is 9.90 Å². The lowest BCUT2D eigenvalue weighted by molar-refractivity contribution is 0.0150. The number of amides is 1. The number of primary amides is 1. The molecule has 78 valence electrons. The Morgan fingerprint density at radius 3 is 2.38 bits per heavy atom. The van der Waals surface area contributed by atoms with Crippen molar-refractivity contribution >= 4 is 6.09 Å². The van der Waals surface area contributed by atoms with Gasteiger partial charge >= 0.3 is 6.09 Å². The Morgan fingerprint density at radius 2 is 2.08 bits per heavy atom. The van der Waals surface area contributed by atoms with Crippen molar-refractivity contribution in [3.8, 4) is 0 Å². The normalized spacial score (nSPS) is 17.5. The van der Waals surface area contributed by atoms with E-state index in [-0.39, 0.29) is 12.0 Å². The number of hydrogen-bond acceptors (Lipinski definition) is 3. The summed E-state index contributed by atoms with van der Waals surface area (Å²) in [4.78, 5) is 10.5. The third kappa shape index (κ3) is 4.72. The summed E-state index contributed by atoms with van der Waals surface area (Å²) >= 11 is 0. The molecule has 0 aromatic rings. The van der Waals surface area contributed by atoms with Gasteiger partial charge in [-0.25, -0.2) is 4.79 Å². The molecule has 0 aliphatic carbocycles. The van der Waals surface area contributed by atoms with Gasteiger partial charge in [-0.05, 0) is 20.3 Å². The van der Waals surface area contributed by atoms with Crippen LogP contribution in [-0.4, -0.2) is 23.4 Å². The third-order valence-corrected chi connectivity index (χ3v) is 2.15. The van der Waals surface area contributed by atoms with Crippen LogP contribution in [0, 0.1) is 5.92 Å². The Labute approximate surface area is 79.1 Å². The van der Waals surface area contributed by atoms with Gasteiger partial charge in [0.05, 0.1) is 6.10 Å². The van der Waals surface area contributed by atoms with Gasteiger partial charge in [0, 0.05) is 5.92 Å². The molecule has 0 bridgehead atoms. The molecule has 0 saturated carbocycles. The average molecular weight is 189 g/mol. The Hall–Kier alpha value is -0.770. The standard InChI is InChI=1S/C9H19NO3/c1-4-5-8(6(2)11)7(3)13-9(10)12/h6-8,11H,4-5H2,1-3H3,(H2,10,12). The van der Waals surface area contributed by atoms with Crippen LogP contribution in [0.15, 0.2) is 0 Å². The summed E-state index contributed by atoms with van der Waals surface area (Å²) in [5.41, 5.74) is 4.88. The van der Waals surface area contributed by atoms with Crippen molar-refractivity contribution in [1.29, 1.82) is 0 Å². The number of aliphatic hydroxyl groups is 1. The predicted octanol–water partition coefficient (Wildman–Crippen LogP) is 1.27. The number of carbonyl (C=O) groups excluding carboxylic acids is 1. The molecule has 0 saturated heterocycles. The molecule has 4 nitrogen and oxygen atoms in total. The molecule has 4 heteroatoms. The van der Waals surface area contributed by atoms with Crippen molar-refractivity contribution in [3.05, 3.63) is 0 Å². The monoisotopic (exact) mass is 189 g/mol. The maximum Gasteiger partial charge on any atom is 0.404 e. The van der Waals surface area contributed by atoms with Crippen molar-refractivity contribution in [3.63, 3.8) is 0 Å². The number of ether oxygens (including phenoxy) is 1. The van der Waals surface area contributed by atoms with Crippen LogP contribution in [0.4, 0.5) is 4.79 Å². The maximum absolute atomic E-state index is 10.5. The molecular weight excluding hydrogens is 170 g/mol. The first-order valence-corrected chi connectivity index (χ1v) is 4.63. The van der Waals surface area contributed by atoms with Gasteiger partial charge in [0.15, 0.2) is 0 Å². The molecule has 0 aliphatic heterocycles. The van der Waals surface area contributed by atoms with Crippen LogP contribution in [0.1, 0.15) is 33.6 Å². The second-order valence-corrected chi connectivity index (χ2v) is 3.34.